The molecule has 0 saturated heterocycles. The van der Waals surface area contributed by atoms with Crippen LogP contribution in [-0.2, 0) is 26.9 Å². The number of anilines is 1. The average Bonchev–Trinajstić information content (AvgIpc) is 3.46. The highest BCUT2D eigenvalue weighted by molar-refractivity contribution is 7.19. The van der Waals surface area contributed by atoms with Gasteiger partial charge in [-0.05, 0) is 95.9 Å². The quantitative estimate of drug-likeness (QED) is 0.178. The van der Waals surface area contributed by atoms with Crippen LogP contribution >= 0.6 is 22.9 Å². The van der Waals surface area contributed by atoms with Crippen LogP contribution in [-0.4, -0.2) is 54.3 Å². The molecule has 0 aliphatic heterocycles. The fraction of sp³-hybridized carbons (Fsp3) is 0.613. The van der Waals surface area contributed by atoms with Crippen LogP contribution in [0, 0.1) is 6.92 Å². The molecule has 244 valence electrons. The molecule has 0 aliphatic carbocycles. The number of rotatable bonds is 9. The van der Waals surface area contributed by atoms with Gasteiger partial charge in [-0.1, -0.05) is 20.8 Å². The number of alkyl carbamates (subject to hydrolysis) is 1. The van der Waals surface area contributed by atoms with Crippen molar-refractivity contribution in [1.29, 1.82) is 0 Å². The van der Waals surface area contributed by atoms with E-state index >= 15 is 0 Å². The Morgan fingerprint density at radius 1 is 1.07 bits per heavy atom. The summed E-state index contributed by atoms with van der Waals surface area (Å²) in [6, 6.07) is 3.14. The number of amides is 2. The molecule has 3 aromatic heterocycles. The average molecular weight is 667 g/mol. The zero-order chi connectivity index (χ0) is 33.3. The molecule has 0 fully saturated rings. The first kappa shape index (κ1) is 35.8. The predicted molar refractivity (Wildman–Crippen MR) is 178 cm³/mol. The molecule has 0 unspecified atom stereocenters. The second-order valence-electron chi connectivity index (χ2n) is 14.4. The van der Waals surface area contributed by atoms with Crippen molar-refractivity contribution in [2.24, 2.45) is 0 Å². The number of halogens is 1. The van der Waals surface area contributed by atoms with Gasteiger partial charge in [-0.3, -0.25) is 4.90 Å². The lowest BCUT2D eigenvalue weighted by Crippen LogP contribution is -2.48. The second kappa shape index (κ2) is 13.4. The minimum Gasteiger partial charge on any atom is -0.467 e. The van der Waals surface area contributed by atoms with Gasteiger partial charge in [0, 0.05) is 11.3 Å². The third-order valence-corrected chi connectivity index (χ3v) is 13.2. The van der Waals surface area contributed by atoms with Crippen LogP contribution in [0.2, 0.25) is 23.4 Å². The summed E-state index contributed by atoms with van der Waals surface area (Å²) in [5.41, 5.74) is 0.105. The first-order valence-corrected chi connectivity index (χ1v) is 18.8. The van der Waals surface area contributed by atoms with Crippen molar-refractivity contribution >= 4 is 59.5 Å². The van der Waals surface area contributed by atoms with Crippen molar-refractivity contribution in [2.45, 2.75) is 118 Å². The predicted octanol–water partition coefficient (Wildman–Crippen LogP) is 8.65. The van der Waals surface area contributed by atoms with Crippen LogP contribution in [0.4, 0.5) is 15.4 Å². The summed E-state index contributed by atoms with van der Waals surface area (Å²) in [6.45, 7) is 24.1. The number of nitrogens with one attached hydrogen (secondary N) is 1. The van der Waals surface area contributed by atoms with Gasteiger partial charge in [0.1, 0.15) is 17.0 Å². The van der Waals surface area contributed by atoms with Crippen LogP contribution < -0.4 is 10.2 Å². The smallest absolute Gasteiger partial charge is 0.416 e. The molecular formula is C31H47ClN4O6SSi. The Hall–Kier alpha value is -2.67. The van der Waals surface area contributed by atoms with E-state index in [1.54, 1.807) is 39.2 Å². The Balaban J connectivity index is 2.05. The van der Waals surface area contributed by atoms with E-state index in [1.807, 2.05) is 27.7 Å². The number of aryl methyl sites for hydroxylation is 1. The summed E-state index contributed by atoms with van der Waals surface area (Å²) >= 11 is 7.88. The summed E-state index contributed by atoms with van der Waals surface area (Å²) < 4.78 is 24.1. The number of nitrogens with zero attached hydrogens (tertiary/aromatic N) is 3. The van der Waals surface area contributed by atoms with E-state index in [2.05, 4.69) is 49.1 Å². The van der Waals surface area contributed by atoms with Crippen molar-refractivity contribution in [3.8, 4) is 0 Å². The Morgan fingerprint density at radius 2 is 1.70 bits per heavy atom. The molecule has 10 nitrogen and oxygen atoms in total. The maximum atomic E-state index is 13.5. The zero-order valence-corrected chi connectivity index (χ0v) is 30.6. The van der Waals surface area contributed by atoms with E-state index in [4.69, 9.17) is 29.9 Å². The fourth-order valence-electron chi connectivity index (χ4n) is 3.95. The van der Waals surface area contributed by atoms with Gasteiger partial charge >= 0.3 is 12.2 Å². The normalized spacial score (nSPS) is 13.6. The number of hydrogen-bond acceptors (Lipinski definition) is 9. The van der Waals surface area contributed by atoms with Gasteiger partial charge in [0.2, 0.25) is 5.28 Å². The molecule has 1 atom stereocenters. The number of aromatic nitrogens is 2. The van der Waals surface area contributed by atoms with E-state index in [0.29, 0.717) is 34.8 Å². The van der Waals surface area contributed by atoms with Gasteiger partial charge in [0.25, 0.3) is 0 Å². The van der Waals surface area contributed by atoms with Crippen LogP contribution in [0.15, 0.2) is 22.8 Å². The van der Waals surface area contributed by atoms with Gasteiger partial charge in [-0.15, -0.1) is 11.3 Å². The molecule has 13 heteroatoms. The standard InChI is InChI=1S/C31H47ClN4O6SSi/c1-19-22(16-20(33-27(37)41-29(2,3)4)18-40-44(11,12)31(8,9)10)43-24-23(19)34-26(32)35-25(24)36(17-21-14-13-15-39-21)28(38)42-30(5,6)7/h13-15,20H,16-18H2,1-12H3,(H,33,37)/t20-/m1/s1. The summed E-state index contributed by atoms with van der Waals surface area (Å²) in [6.07, 6.45) is 0.882. The van der Waals surface area contributed by atoms with Crippen molar-refractivity contribution in [3.63, 3.8) is 0 Å². The first-order valence-electron chi connectivity index (χ1n) is 14.7. The molecule has 2 amide bonds. The van der Waals surface area contributed by atoms with E-state index in [0.717, 1.165) is 10.4 Å². The number of carbonyl (C=O) groups excluding carboxylic acids is 2. The molecule has 0 aliphatic rings. The van der Waals surface area contributed by atoms with Crippen LogP contribution in [0.1, 0.15) is 78.5 Å². The third-order valence-electron chi connectivity index (χ3n) is 7.19. The largest absolute Gasteiger partial charge is 0.467 e. The second-order valence-corrected chi connectivity index (χ2v) is 20.7. The van der Waals surface area contributed by atoms with Gasteiger partial charge in [-0.25, -0.2) is 14.6 Å². The van der Waals surface area contributed by atoms with Crippen molar-refractivity contribution < 1.29 is 27.9 Å². The molecule has 3 rings (SSSR count). The van der Waals surface area contributed by atoms with Crippen molar-refractivity contribution in [3.05, 3.63) is 39.9 Å². The molecule has 0 aromatic carbocycles. The lowest BCUT2D eigenvalue weighted by atomic mass is 10.1. The van der Waals surface area contributed by atoms with Crippen LogP contribution in [0.3, 0.4) is 0 Å². The Kier molecular flexibility index (Phi) is 10.9. The summed E-state index contributed by atoms with van der Waals surface area (Å²) in [5, 5.41) is 3.02. The molecule has 0 spiro atoms. The number of thiophene rings is 1. The van der Waals surface area contributed by atoms with Gasteiger partial charge < -0.3 is 23.6 Å². The first-order chi connectivity index (χ1) is 20.1. The molecule has 44 heavy (non-hydrogen) atoms. The topological polar surface area (TPSA) is 116 Å². The summed E-state index contributed by atoms with van der Waals surface area (Å²) in [5.74, 6) is 0.871. The Labute approximate surface area is 270 Å². The summed E-state index contributed by atoms with van der Waals surface area (Å²) in [4.78, 5) is 37.8. The number of furan rings is 1. The molecule has 0 bridgehead atoms. The van der Waals surface area contributed by atoms with Gasteiger partial charge in [0.15, 0.2) is 14.1 Å². The maximum Gasteiger partial charge on any atom is 0.416 e. The molecule has 0 saturated carbocycles. The third kappa shape index (κ3) is 9.66. The van der Waals surface area contributed by atoms with E-state index in [1.165, 1.54) is 16.2 Å². The number of carbonyl (C=O) groups is 2. The fourth-order valence-corrected chi connectivity index (χ4v) is 6.48. The Bertz CT molecular complexity index is 1450. The Morgan fingerprint density at radius 3 is 2.25 bits per heavy atom. The van der Waals surface area contributed by atoms with Crippen molar-refractivity contribution in [2.75, 3.05) is 11.5 Å². The van der Waals surface area contributed by atoms with E-state index < -0.39 is 31.7 Å². The molecule has 1 N–H and O–H groups in total. The van der Waals surface area contributed by atoms with E-state index in [-0.39, 0.29) is 22.9 Å². The molecule has 3 aromatic rings. The minimum atomic E-state index is -2.12. The zero-order valence-electron chi connectivity index (χ0n) is 28.0. The van der Waals surface area contributed by atoms with Crippen molar-refractivity contribution in [1.82, 2.24) is 15.3 Å². The van der Waals surface area contributed by atoms with Crippen LogP contribution in [0.5, 0.6) is 0 Å². The van der Waals surface area contributed by atoms with Gasteiger partial charge in [0.05, 0.1) is 35.7 Å². The SMILES string of the molecule is Cc1c(C[C@H](CO[Si](C)(C)C(C)(C)C)NC(=O)OC(C)(C)C)sc2c(N(Cc3ccco3)C(=O)OC(C)(C)C)nc(Cl)nc12. The van der Waals surface area contributed by atoms with E-state index in [9.17, 15) is 9.59 Å². The number of ether oxygens (including phenoxy) is 2. The van der Waals surface area contributed by atoms with Crippen LogP contribution in [0.25, 0.3) is 10.2 Å². The highest BCUT2D eigenvalue weighted by Gasteiger charge is 2.38. The number of hydrogen-bond donors (Lipinski definition) is 1. The lowest BCUT2D eigenvalue weighted by molar-refractivity contribution is 0.0484. The maximum absolute atomic E-state index is 13.5. The molecular weight excluding hydrogens is 620 g/mol. The highest BCUT2D eigenvalue weighted by Crippen LogP contribution is 2.39. The highest BCUT2D eigenvalue weighted by atomic mass is 35.5. The monoisotopic (exact) mass is 666 g/mol. The van der Waals surface area contributed by atoms with Gasteiger partial charge in [-0.2, -0.15) is 4.98 Å². The minimum absolute atomic E-state index is 0.00218. The lowest BCUT2D eigenvalue weighted by Gasteiger charge is -2.37. The molecule has 0 radical (unpaired) electrons. The molecule has 3 heterocycles. The number of fused-ring (bicyclic) bond motifs is 1. The summed E-state index contributed by atoms with van der Waals surface area (Å²) in [7, 11) is -2.12.